The van der Waals surface area contributed by atoms with Crippen LogP contribution in [0.15, 0.2) is 65.8 Å². The third kappa shape index (κ3) is 6.36. The van der Waals surface area contributed by atoms with Crippen LogP contribution in [0.2, 0.25) is 5.02 Å². The Labute approximate surface area is 140 Å². The Morgan fingerprint density at radius 2 is 1.87 bits per heavy atom. The maximum atomic E-state index is 11.7. The lowest BCUT2D eigenvalue weighted by molar-refractivity contribution is -0.120. The molecule has 0 spiro atoms. The summed E-state index contributed by atoms with van der Waals surface area (Å²) in [4.78, 5) is 16.7. The molecule has 0 aliphatic heterocycles. The summed E-state index contributed by atoms with van der Waals surface area (Å²) in [6.07, 6.45) is 3.75. The number of halogens is 1. The van der Waals surface area contributed by atoms with Gasteiger partial charge in [-0.05, 0) is 42.8 Å². The van der Waals surface area contributed by atoms with Crippen molar-refractivity contribution >= 4 is 35.0 Å². The Morgan fingerprint density at radius 3 is 2.57 bits per heavy atom. The molecule has 0 atom stereocenters. The van der Waals surface area contributed by atoms with Gasteiger partial charge in [-0.15, -0.1) is 0 Å². The highest BCUT2D eigenvalue weighted by Gasteiger charge is 2.02. The normalized spacial score (nSPS) is 11.5. The van der Waals surface area contributed by atoms with E-state index in [4.69, 9.17) is 16.4 Å². The molecule has 5 heteroatoms. The zero-order valence-electron chi connectivity index (χ0n) is 12.7. The van der Waals surface area contributed by atoms with Gasteiger partial charge in [0.05, 0.1) is 5.71 Å². The molecule has 0 aliphatic carbocycles. The van der Waals surface area contributed by atoms with Crippen molar-refractivity contribution in [3.8, 4) is 0 Å². The van der Waals surface area contributed by atoms with Crippen molar-refractivity contribution in [2.45, 2.75) is 6.92 Å². The van der Waals surface area contributed by atoms with E-state index in [9.17, 15) is 4.79 Å². The van der Waals surface area contributed by atoms with Crippen LogP contribution in [0.3, 0.4) is 0 Å². The summed E-state index contributed by atoms with van der Waals surface area (Å²) in [5.74, 6) is -0.282. The summed E-state index contributed by atoms with van der Waals surface area (Å²) in [6.45, 7) is 1.65. The number of nitrogens with one attached hydrogen (secondary N) is 1. The van der Waals surface area contributed by atoms with E-state index >= 15 is 0 Å². The predicted octanol–water partition coefficient (Wildman–Crippen LogP) is 4.38. The second-order valence-electron chi connectivity index (χ2n) is 4.81. The first-order chi connectivity index (χ1) is 11.1. The number of benzene rings is 2. The molecule has 0 unspecified atom stereocenters. The number of rotatable bonds is 6. The quantitative estimate of drug-likeness (QED) is 0.631. The van der Waals surface area contributed by atoms with Crippen LogP contribution in [0.25, 0.3) is 6.08 Å². The third-order valence-corrected chi connectivity index (χ3v) is 3.10. The molecule has 2 aromatic carbocycles. The van der Waals surface area contributed by atoms with Gasteiger partial charge in [-0.2, -0.15) is 0 Å². The van der Waals surface area contributed by atoms with Crippen molar-refractivity contribution in [1.82, 2.24) is 0 Å². The Hall–Kier alpha value is -2.59. The van der Waals surface area contributed by atoms with Crippen molar-refractivity contribution in [3.63, 3.8) is 0 Å². The molecule has 0 fully saturated rings. The molecule has 0 aromatic heterocycles. The number of carbonyl (C=O) groups is 1. The number of carbonyl (C=O) groups excluding carboxylic acids is 1. The largest absolute Gasteiger partial charge is 0.385 e. The highest BCUT2D eigenvalue weighted by molar-refractivity contribution is 6.30. The molecule has 1 amide bonds. The number of amides is 1. The van der Waals surface area contributed by atoms with Gasteiger partial charge in [0.1, 0.15) is 0 Å². The Kier molecular flexibility index (Phi) is 6.39. The average Bonchev–Trinajstić information content (AvgIpc) is 2.56. The molecule has 4 nitrogen and oxygen atoms in total. The lowest BCUT2D eigenvalue weighted by Crippen LogP contribution is -2.17. The molecule has 0 saturated carbocycles. The molecule has 2 aromatic rings. The number of anilines is 1. The van der Waals surface area contributed by atoms with Crippen LogP contribution < -0.4 is 5.32 Å². The van der Waals surface area contributed by atoms with Crippen LogP contribution in [0, 0.1) is 0 Å². The monoisotopic (exact) mass is 328 g/mol. The summed E-state index contributed by atoms with van der Waals surface area (Å²) in [7, 11) is 0. The smallest absolute Gasteiger partial charge is 0.265 e. The van der Waals surface area contributed by atoms with Crippen LogP contribution >= 0.6 is 11.6 Å². The summed E-state index contributed by atoms with van der Waals surface area (Å²) in [6, 6.07) is 16.7. The van der Waals surface area contributed by atoms with Gasteiger partial charge in [-0.1, -0.05) is 53.2 Å². The fourth-order valence-corrected chi connectivity index (χ4v) is 1.86. The van der Waals surface area contributed by atoms with Crippen LogP contribution in [0.1, 0.15) is 12.5 Å². The number of allylic oxidation sites excluding steroid dienone is 1. The van der Waals surface area contributed by atoms with Crippen molar-refractivity contribution in [2.75, 3.05) is 11.9 Å². The van der Waals surface area contributed by atoms with E-state index in [2.05, 4.69) is 10.5 Å². The van der Waals surface area contributed by atoms with Crippen molar-refractivity contribution in [2.24, 2.45) is 5.16 Å². The molecule has 1 N–H and O–H groups in total. The molecular weight excluding hydrogens is 312 g/mol. The highest BCUT2D eigenvalue weighted by Crippen LogP contribution is 2.13. The van der Waals surface area contributed by atoms with E-state index < -0.39 is 0 Å². The van der Waals surface area contributed by atoms with Crippen molar-refractivity contribution in [3.05, 3.63) is 71.3 Å². The van der Waals surface area contributed by atoms with Crippen LogP contribution in [0.5, 0.6) is 0 Å². The molecule has 0 bridgehead atoms. The number of hydrogen-bond acceptors (Lipinski definition) is 3. The third-order valence-electron chi connectivity index (χ3n) is 2.85. The van der Waals surface area contributed by atoms with E-state index in [1.807, 2.05) is 42.5 Å². The Balaban J connectivity index is 1.77. The second kappa shape index (κ2) is 8.76. The molecule has 0 aliphatic rings. The van der Waals surface area contributed by atoms with Gasteiger partial charge in [0.15, 0.2) is 6.61 Å². The second-order valence-corrected chi connectivity index (χ2v) is 5.24. The van der Waals surface area contributed by atoms with Crippen molar-refractivity contribution in [1.29, 1.82) is 0 Å². The van der Waals surface area contributed by atoms with Crippen molar-refractivity contribution < 1.29 is 9.63 Å². The molecule has 2 rings (SSSR count). The first kappa shape index (κ1) is 16.8. The number of oxime groups is 1. The zero-order valence-corrected chi connectivity index (χ0v) is 13.5. The molecule has 0 radical (unpaired) electrons. The van der Waals surface area contributed by atoms with Gasteiger partial charge >= 0.3 is 0 Å². The van der Waals surface area contributed by atoms with E-state index in [-0.39, 0.29) is 12.5 Å². The summed E-state index contributed by atoms with van der Waals surface area (Å²) in [5, 5.41) is 7.19. The predicted molar refractivity (Wildman–Crippen MR) is 94.6 cm³/mol. The summed E-state index contributed by atoms with van der Waals surface area (Å²) >= 11 is 5.78. The Bertz CT molecular complexity index is 695. The van der Waals surface area contributed by atoms with Gasteiger partial charge in [0.25, 0.3) is 5.91 Å². The maximum Gasteiger partial charge on any atom is 0.265 e. The fourth-order valence-electron chi connectivity index (χ4n) is 1.73. The van der Waals surface area contributed by atoms with E-state index in [0.29, 0.717) is 16.4 Å². The number of hydrogen-bond donors (Lipinski definition) is 1. The maximum absolute atomic E-state index is 11.7. The SMILES string of the molecule is CC(/C=C/c1ccccc1)=N\OCC(=O)Nc1ccc(Cl)cc1. The minimum Gasteiger partial charge on any atom is -0.385 e. The minimum absolute atomic E-state index is 0.154. The van der Waals surface area contributed by atoms with Crippen LogP contribution in [-0.2, 0) is 9.63 Å². The number of nitrogens with zero attached hydrogens (tertiary/aromatic N) is 1. The minimum atomic E-state index is -0.282. The highest BCUT2D eigenvalue weighted by atomic mass is 35.5. The first-order valence-corrected chi connectivity index (χ1v) is 7.46. The fraction of sp³-hybridized carbons (Fsp3) is 0.111. The zero-order chi connectivity index (χ0) is 16.5. The molecule has 0 saturated heterocycles. The lowest BCUT2D eigenvalue weighted by Gasteiger charge is -2.04. The van der Waals surface area contributed by atoms with E-state index in [0.717, 1.165) is 5.56 Å². The standard InChI is InChI=1S/C18H17ClN2O2/c1-14(7-8-15-5-3-2-4-6-15)21-23-13-18(22)20-17-11-9-16(19)10-12-17/h2-12H,13H2,1H3,(H,20,22)/b8-7+,21-14+. The van der Waals surface area contributed by atoms with Gasteiger partial charge in [0, 0.05) is 10.7 Å². The first-order valence-electron chi connectivity index (χ1n) is 7.08. The molecule has 0 heterocycles. The van der Waals surface area contributed by atoms with Gasteiger partial charge in [-0.25, -0.2) is 0 Å². The average molecular weight is 329 g/mol. The van der Waals surface area contributed by atoms with Crippen LogP contribution in [-0.4, -0.2) is 18.2 Å². The van der Waals surface area contributed by atoms with Gasteiger partial charge in [0.2, 0.25) is 0 Å². The summed E-state index contributed by atoms with van der Waals surface area (Å²) in [5.41, 5.74) is 2.41. The molecular formula is C18H17ClN2O2. The van der Waals surface area contributed by atoms with E-state index in [1.54, 1.807) is 31.2 Å². The topological polar surface area (TPSA) is 50.7 Å². The van der Waals surface area contributed by atoms with Gasteiger partial charge < -0.3 is 10.2 Å². The molecule has 118 valence electrons. The lowest BCUT2D eigenvalue weighted by atomic mass is 10.2. The van der Waals surface area contributed by atoms with Gasteiger partial charge in [-0.3, -0.25) is 4.79 Å². The summed E-state index contributed by atoms with van der Waals surface area (Å²) < 4.78 is 0. The van der Waals surface area contributed by atoms with E-state index in [1.165, 1.54) is 0 Å². The Morgan fingerprint density at radius 1 is 1.17 bits per heavy atom. The molecule has 23 heavy (non-hydrogen) atoms. The van der Waals surface area contributed by atoms with Crippen LogP contribution in [0.4, 0.5) is 5.69 Å².